The summed E-state index contributed by atoms with van der Waals surface area (Å²) in [6, 6.07) is 14.9. The van der Waals surface area contributed by atoms with Gasteiger partial charge in [-0.1, -0.05) is 35.9 Å². The maximum absolute atomic E-state index is 12.2. The molecule has 0 radical (unpaired) electrons. The molecule has 0 aliphatic carbocycles. The first-order valence-corrected chi connectivity index (χ1v) is 8.39. The fourth-order valence-corrected chi connectivity index (χ4v) is 2.97. The number of carbonyl (C=O) groups excluding carboxylic acids is 1. The van der Waals surface area contributed by atoms with E-state index in [0.717, 1.165) is 22.6 Å². The van der Waals surface area contributed by atoms with Gasteiger partial charge in [0.15, 0.2) is 0 Å². The van der Waals surface area contributed by atoms with Crippen molar-refractivity contribution in [2.24, 2.45) is 5.10 Å². The lowest BCUT2D eigenvalue weighted by Crippen LogP contribution is -2.27. The zero-order chi connectivity index (χ0) is 17.1. The second-order valence-electron chi connectivity index (χ2n) is 5.42. The predicted octanol–water partition coefficient (Wildman–Crippen LogP) is 4.27. The zero-order valence-corrected chi connectivity index (χ0v) is 14.6. The highest BCUT2D eigenvalue weighted by atomic mass is 35.5. The highest BCUT2D eigenvalue weighted by molar-refractivity contribution is 6.30. The van der Waals surface area contributed by atoms with Gasteiger partial charge in [-0.25, -0.2) is 5.01 Å². The van der Waals surface area contributed by atoms with E-state index in [0.29, 0.717) is 11.4 Å². The lowest BCUT2D eigenvalue weighted by Gasteiger charge is -2.21. The summed E-state index contributed by atoms with van der Waals surface area (Å²) in [5, 5.41) is 6.63. The molecule has 1 aliphatic heterocycles. The normalized spacial score (nSPS) is 16.9. The Morgan fingerprint density at radius 2 is 2.04 bits per heavy atom. The van der Waals surface area contributed by atoms with Crippen LogP contribution in [0, 0.1) is 0 Å². The average molecular weight is 363 g/mol. The number of hydrogen-bond acceptors (Lipinski definition) is 3. The Hall–Kier alpha value is -2.04. The van der Waals surface area contributed by atoms with E-state index >= 15 is 0 Å². The Bertz CT molecular complexity index is 775. The molecule has 0 bridgehead atoms. The van der Waals surface area contributed by atoms with Gasteiger partial charge in [-0.2, -0.15) is 5.10 Å². The smallest absolute Gasteiger partial charge is 0.258 e. The molecule has 0 aromatic heterocycles. The number of hydrogen-bond donors (Lipinski definition) is 0. The summed E-state index contributed by atoms with van der Waals surface area (Å²) < 4.78 is 5.26. The predicted molar refractivity (Wildman–Crippen MR) is 95.9 cm³/mol. The fourth-order valence-electron chi connectivity index (χ4n) is 2.72. The molecule has 0 N–H and O–H groups in total. The van der Waals surface area contributed by atoms with Crippen LogP contribution in [0.5, 0.6) is 5.75 Å². The van der Waals surface area contributed by atoms with Gasteiger partial charge in [0, 0.05) is 17.0 Å². The topological polar surface area (TPSA) is 41.9 Å². The SMILES string of the molecule is COc1cccc(C2=NN(C(=O)CCl)C(c3ccc(Cl)cc3)C2)c1. The van der Waals surface area contributed by atoms with E-state index in [-0.39, 0.29) is 17.8 Å². The molecule has 24 heavy (non-hydrogen) atoms. The third kappa shape index (κ3) is 3.40. The van der Waals surface area contributed by atoms with Crippen molar-refractivity contribution in [2.45, 2.75) is 12.5 Å². The van der Waals surface area contributed by atoms with Crippen molar-refractivity contribution < 1.29 is 9.53 Å². The summed E-state index contributed by atoms with van der Waals surface area (Å²) in [5.74, 6) is 0.411. The van der Waals surface area contributed by atoms with Crippen LogP contribution in [0.3, 0.4) is 0 Å². The number of hydrazone groups is 1. The van der Waals surface area contributed by atoms with E-state index in [4.69, 9.17) is 27.9 Å². The molecule has 1 heterocycles. The standard InChI is InChI=1S/C18H16Cl2N2O2/c1-24-15-4-2-3-13(9-15)16-10-17(22(21-16)18(23)11-19)12-5-7-14(20)8-6-12/h2-9,17H,10-11H2,1H3. The number of alkyl halides is 1. The van der Waals surface area contributed by atoms with Crippen LogP contribution in [0.25, 0.3) is 0 Å². The maximum Gasteiger partial charge on any atom is 0.258 e. The van der Waals surface area contributed by atoms with Crippen molar-refractivity contribution in [1.82, 2.24) is 5.01 Å². The monoisotopic (exact) mass is 362 g/mol. The molecule has 4 nitrogen and oxygen atoms in total. The summed E-state index contributed by atoms with van der Waals surface area (Å²) in [6.07, 6.45) is 0.609. The number of ether oxygens (including phenoxy) is 1. The highest BCUT2D eigenvalue weighted by Gasteiger charge is 2.32. The van der Waals surface area contributed by atoms with Crippen molar-refractivity contribution >= 4 is 34.8 Å². The fraction of sp³-hybridized carbons (Fsp3) is 0.222. The van der Waals surface area contributed by atoms with Gasteiger partial charge in [-0.15, -0.1) is 11.6 Å². The molecule has 1 atom stereocenters. The maximum atomic E-state index is 12.2. The van der Waals surface area contributed by atoms with Gasteiger partial charge in [0.2, 0.25) is 0 Å². The molecule has 6 heteroatoms. The van der Waals surface area contributed by atoms with Crippen molar-refractivity contribution in [1.29, 1.82) is 0 Å². The van der Waals surface area contributed by atoms with E-state index in [1.165, 1.54) is 5.01 Å². The molecule has 0 saturated heterocycles. The van der Waals surface area contributed by atoms with Crippen LogP contribution in [0.15, 0.2) is 53.6 Å². The van der Waals surface area contributed by atoms with Crippen LogP contribution in [-0.4, -0.2) is 29.6 Å². The van der Waals surface area contributed by atoms with Crippen molar-refractivity contribution in [3.8, 4) is 5.75 Å². The van der Waals surface area contributed by atoms with E-state index < -0.39 is 0 Å². The number of nitrogens with zero attached hydrogens (tertiary/aromatic N) is 2. The third-order valence-corrected chi connectivity index (χ3v) is 4.42. The van der Waals surface area contributed by atoms with Gasteiger partial charge in [-0.05, 0) is 29.8 Å². The van der Waals surface area contributed by atoms with Crippen LogP contribution in [0.1, 0.15) is 23.6 Å². The molecule has 2 aromatic rings. The molecule has 1 amide bonds. The molecule has 0 saturated carbocycles. The number of methoxy groups -OCH3 is 1. The Labute approximate surface area is 150 Å². The molecular weight excluding hydrogens is 347 g/mol. The first-order valence-electron chi connectivity index (χ1n) is 7.47. The van der Waals surface area contributed by atoms with E-state index in [9.17, 15) is 4.79 Å². The second-order valence-corrected chi connectivity index (χ2v) is 6.13. The first kappa shape index (κ1) is 16.8. The minimum absolute atomic E-state index is 0.112. The van der Waals surface area contributed by atoms with Gasteiger partial charge in [-0.3, -0.25) is 4.79 Å². The number of halogens is 2. The molecule has 124 valence electrons. The quantitative estimate of drug-likeness (QED) is 0.762. The van der Waals surface area contributed by atoms with Crippen LogP contribution in [-0.2, 0) is 4.79 Å². The first-order chi connectivity index (χ1) is 11.6. The lowest BCUT2D eigenvalue weighted by atomic mass is 9.98. The Morgan fingerprint density at radius 1 is 1.29 bits per heavy atom. The highest BCUT2D eigenvalue weighted by Crippen LogP contribution is 2.34. The lowest BCUT2D eigenvalue weighted by molar-refractivity contribution is -0.130. The Morgan fingerprint density at radius 3 is 2.71 bits per heavy atom. The summed E-state index contributed by atoms with van der Waals surface area (Å²) >= 11 is 11.7. The Kier molecular flexibility index (Phi) is 5.07. The minimum Gasteiger partial charge on any atom is -0.497 e. The zero-order valence-electron chi connectivity index (χ0n) is 13.1. The number of benzene rings is 2. The molecule has 0 spiro atoms. The molecule has 1 aliphatic rings. The Balaban J connectivity index is 1.94. The molecular formula is C18H16Cl2N2O2. The van der Waals surface area contributed by atoms with E-state index in [2.05, 4.69) is 5.10 Å². The van der Waals surface area contributed by atoms with Crippen LogP contribution >= 0.6 is 23.2 Å². The molecule has 0 fully saturated rings. The number of rotatable bonds is 4. The number of amides is 1. The van der Waals surface area contributed by atoms with Gasteiger partial charge in [0.1, 0.15) is 11.6 Å². The van der Waals surface area contributed by atoms with Crippen molar-refractivity contribution in [2.75, 3.05) is 13.0 Å². The summed E-state index contributed by atoms with van der Waals surface area (Å²) in [4.78, 5) is 12.2. The minimum atomic E-state index is -0.227. The van der Waals surface area contributed by atoms with Gasteiger partial charge in [0.05, 0.1) is 18.9 Å². The van der Waals surface area contributed by atoms with Crippen LogP contribution < -0.4 is 4.74 Å². The van der Waals surface area contributed by atoms with Gasteiger partial charge >= 0.3 is 0 Å². The number of carbonyl (C=O) groups is 1. The van der Waals surface area contributed by atoms with Crippen molar-refractivity contribution in [3.05, 3.63) is 64.7 Å². The summed E-state index contributed by atoms with van der Waals surface area (Å²) in [5.41, 5.74) is 2.73. The summed E-state index contributed by atoms with van der Waals surface area (Å²) in [6.45, 7) is 0. The summed E-state index contributed by atoms with van der Waals surface area (Å²) in [7, 11) is 1.62. The molecule has 1 unspecified atom stereocenters. The second kappa shape index (κ2) is 7.24. The molecule has 3 rings (SSSR count). The van der Waals surface area contributed by atoms with E-state index in [1.807, 2.05) is 48.5 Å². The van der Waals surface area contributed by atoms with E-state index in [1.54, 1.807) is 7.11 Å². The third-order valence-electron chi connectivity index (χ3n) is 3.94. The van der Waals surface area contributed by atoms with Crippen molar-refractivity contribution in [3.63, 3.8) is 0 Å². The molecule has 2 aromatic carbocycles. The van der Waals surface area contributed by atoms with Crippen LogP contribution in [0.2, 0.25) is 5.02 Å². The van der Waals surface area contributed by atoms with Crippen LogP contribution in [0.4, 0.5) is 0 Å². The average Bonchev–Trinajstić information content (AvgIpc) is 3.07. The largest absolute Gasteiger partial charge is 0.497 e. The van der Waals surface area contributed by atoms with Gasteiger partial charge in [0.25, 0.3) is 5.91 Å². The van der Waals surface area contributed by atoms with Gasteiger partial charge < -0.3 is 4.74 Å².